The first-order valence-corrected chi connectivity index (χ1v) is 4.44. The van der Waals surface area contributed by atoms with Crippen molar-refractivity contribution in [3.63, 3.8) is 0 Å². The summed E-state index contributed by atoms with van der Waals surface area (Å²) in [7, 11) is 0. The zero-order chi connectivity index (χ0) is 9.80. The van der Waals surface area contributed by atoms with Crippen molar-refractivity contribution in [2.45, 2.75) is 0 Å². The molecule has 0 radical (unpaired) electrons. The summed E-state index contributed by atoms with van der Waals surface area (Å²) in [5, 5.41) is 15.0. The molecule has 0 fully saturated rings. The number of hydrogen-bond acceptors (Lipinski definition) is 4. The Balaban J connectivity index is 2.20. The van der Waals surface area contributed by atoms with Crippen molar-refractivity contribution in [3.8, 4) is 6.07 Å². The predicted molar refractivity (Wildman–Crippen MR) is 55.1 cm³/mol. The Bertz CT molecular complexity index is 403. The number of rotatable bonds is 1. The lowest BCUT2D eigenvalue weighted by atomic mass is 10.2. The average Bonchev–Trinajstić information content (AvgIpc) is 2.71. The predicted octanol–water partition coefficient (Wildman–Crippen LogP) is 0.929. The minimum atomic E-state index is 0.629. The van der Waals surface area contributed by atoms with Crippen LogP contribution >= 0.6 is 0 Å². The molecule has 0 amide bonds. The first kappa shape index (κ1) is 8.57. The van der Waals surface area contributed by atoms with Crippen LogP contribution < -0.4 is 10.6 Å². The van der Waals surface area contributed by atoms with Crippen LogP contribution in [0.3, 0.4) is 0 Å². The van der Waals surface area contributed by atoms with E-state index in [0.29, 0.717) is 5.56 Å². The number of benzene rings is 1. The molecule has 4 heteroatoms. The Kier molecular flexibility index (Phi) is 2.32. The lowest BCUT2D eigenvalue weighted by Gasteiger charge is -2.07. The molecule has 4 nitrogen and oxygen atoms in total. The van der Waals surface area contributed by atoms with E-state index in [1.54, 1.807) is 6.07 Å². The van der Waals surface area contributed by atoms with E-state index in [9.17, 15) is 0 Å². The summed E-state index contributed by atoms with van der Waals surface area (Å²) in [5.74, 6) is 0.743. The van der Waals surface area contributed by atoms with Gasteiger partial charge in [0.2, 0.25) is 0 Å². The van der Waals surface area contributed by atoms with Crippen molar-refractivity contribution in [1.29, 1.82) is 5.26 Å². The number of para-hydroxylation sites is 1. The molecule has 2 N–H and O–H groups in total. The van der Waals surface area contributed by atoms with Gasteiger partial charge in [0, 0.05) is 6.54 Å². The molecule has 0 unspecified atom stereocenters. The number of nitriles is 1. The molecule has 0 spiro atoms. The maximum atomic E-state index is 8.84. The molecule has 0 atom stereocenters. The SMILES string of the molecule is N#Cc1ccccc1NC1=NCCN1. The smallest absolute Gasteiger partial charge is 0.195 e. The molecule has 0 saturated carbocycles. The molecular formula is C10H10N4. The number of anilines is 1. The van der Waals surface area contributed by atoms with Crippen molar-refractivity contribution < 1.29 is 0 Å². The molecule has 0 aliphatic carbocycles. The molecule has 1 aromatic carbocycles. The van der Waals surface area contributed by atoms with E-state index in [4.69, 9.17) is 5.26 Å². The Morgan fingerprint density at radius 2 is 2.29 bits per heavy atom. The van der Waals surface area contributed by atoms with Crippen LogP contribution in [0, 0.1) is 11.3 Å². The molecule has 2 rings (SSSR count). The fourth-order valence-electron chi connectivity index (χ4n) is 1.30. The van der Waals surface area contributed by atoms with Gasteiger partial charge in [-0.1, -0.05) is 12.1 Å². The van der Waals surface area contributed by atoms with E-state index in [2.05, 4.69) is 21.7 Å². The third-order valence-electron chi connectivity index (χ3n) is 1.97. The molecule has 1 aromatic rings. The van der Waals surface area contributed by atoms with Crippen LogP contribution in [-0.4, -0.2) is 19.0 Å². The van der Waals surface area contributed by atoms with Gasteiger partial charge in [-0.05, 0) is 12.1 Å². The molecular weight excluding hydrogens is 176 g/mol. The first-order valence-electron chi connectivity index (χ1n) is 4.44. The Labute approximate surface area is 82.3 Å². The van der Waals surface area contributed by atoms with E-state index < -0.39 is 0 Å². The number of guanidine groups is 1. The topological polar surface area (TPSA) is 60.2 Å². The third kappa shape index (κ3) is 1.67. The van der Waals surface area contributed by atoms with E-state index in [1.807, 2.05) is 18.2 Å². The molecule has 14 heavy (non-hydrogen) atoms. The Morgan fingerprint density at radius 1 is 1.43 bits per heavy atom. The van der Waals surface area contributed by atoms with Gasteiger partial charge in [-0.25, -0.2) is 0 Å². The first-order chi connectivity index (χ1) is 6.90. The normalized spacial score (nSPS) is 14.1. The summed E-state index contributed by atoms with van der Waals surface area (Å²) >= 11 is 0. The van der Waals surface area contributed by atoms with Gasteiger partial charge in [0.25, 0.3) is 0 Å². The summed E-state index contributed by atoms with van der Waals surface area (Å²) in [5.41, 5.74) is 1.42. The van der Waals surface area contributed by atoms with Crippen LogP contribution in [0.1, 0.15) is 5.56 Å². The lowest BCUT2D eigenvalue weighted by molar-refractivity contribution is 0.959. The van der Waals surface area contributed by atoms with E-state index in [1.165, 1.54) is 0 Å². The Hall–Kier alpha value is -2.02. The second-order valence-corrected chi connectivity index (χ2v) is 2.94. The van der Waals surface area contributed by atoms with Gasteiger partial charge >= 0.3 is 0 Å². The van der Waals surface area contributed by atoms with E-state index in [-0.39, 0.29) is 0 Å². The highest BCUT2D eigenvalue weighted by atomic mass is 15.2. The Morgan fingerprint density at radius 3 is 3.00 bits per heavy atom. The van der Waals surface area contributed by atoms with E-state index >= 15 is 0 Å². The lowest BCUT2D eigenvalue weighted by Crippen LogP contribution is -2.26. The summed E-state index contributed by atoms with van der Waals surface area (Å²) in [4.78, 5) is 4.19. The van der Waals surface area contributed by atoms with Crippen molar-refractivity contribution in [2.24, 2.45) is 4.99 Å². The van der Waals surface area contributed by atoms with Crippen LogP contribution in [-0.2, 0) is 0 Å². The summed E-state index contributed by atoms with van der Waals surface area (Å²) < 4.78 is 0. The highest BCUT2D eigenvalue weighted by molar-refractivity contribution is 5.95. The monoisotopic (exact) mass is 186 g/mol. The van der Waals surface area contributed by atoms with Crippen LogP contribution in [0.4, 0.5) is 5.69 Å². The standard InChI is InChI=1S/C10H10N4/c11-7-8-3-1-2-4-9(8)14-10-12-5-6-13-10/h1-4H,5-6H2,(H2,12,13,14). The molecule has 0 bridgehead atoms. The van der Waals surface area contributed by atoms with Crippen LogP contribution in [0.25, 0.3) is 0 Å². The summed E-state index contributed by atoms with van der Waals surface area (Å²) in [6.45, 7) is 1.65. The number of nitrogens with one attached hydrogen (secondary N) is 2. The van der Waals surface area contributed by atoms with Crippen LogP contribution in [0.2, 0.25) is 0 Å². The largest absolute Gasteiger partial charge is 0.354 e. The second-order valence-electron chi connectivity index (χ2n) is 2.94. The molecule has 0 aromatic heterocycles. The van der Waals surface area contributed by atoms with Crippen molar-refractivity contribution in [3.05, 3.63) is 29.8 Å². The average molecular weight is 186 g/mol. The maximum absolute atomic E-state index is 8.84. The van der Waals surface area contributed by atoms with Gasteiger partial charge in [-0.3, -0.25) is 4.99 Å². The quantitative estimate of drug-likeness (QED) is 0.685. The van der Waals surface area contributed by atoms with Gasteiger partial charge in [-0.15, -0.1) is 0 Å². The van der Waals surface area contributed by atoms with Crippen molar-refractivity contribution in [2.75, 3.05) is 18.4 Å². The van der Waals surface area contributed by atoms with Crippen molar-refractivity contribution >= 4 is 11.6 Å². The molecule has 1 heterocycles. The summed E-state index contributed by atoms with van der Waals surface area (Å²) in [6, 6.07) is 9.49. The van der Waals surface area contributed by atoms with E-state index in [0.717, 1.165) is 24.7 Å². The van der Waals surface area contributed by atoms with Crippen LogP contribution in [0.15, 0.2) is 29.3 Å². The van der Waals surface area contributed by atoms with Gasteiger partial charge in [0.05, 0.1) is 17.8 Å². The maximum Gasteiger partial charge on any atom is 0.195 e. The minimum Gasteiger partial charge on any atom is -0.354 e. The molecule has 0 saturated heterocycles. The highest BCUT2D eigenvalue weighted by Gasteiger charge is 2.06. The van der Waals surface area contributed by atoms with Gasteiger partial charge in [0.1, 0.15) is 6.07 Å². The van der Waals surface area contributed by atoms with Crippen molar-refractivity contribution in [1.82, 2.24) is 5.32 Å². The fourth-order valence-corrected chi connectivity index (χ4v) is 1.30. The zero-order valence-corrected chi connectivity index (χ0v) is 7.62. The third-order valence-corrected chi connectivity index (χ3v) is 1.97. The molecule has 70 valence electrons. The second kappa shape index (κ2) is 3.79. The van der Waals surface area contributed by atoms with Crippen LogP contribution in [0.5, 0.6) is 0 Å². The number of aliphatic imine (C=N–C) groups is 1. The highest BCUT2D eigenvalue weighted by Crippen LogP contribution is 2.13. The number of nitrogens with zero attached hydrogens (tertiary/aromatic N) is 2. The van der Waals surface area contributed by atoms with Gasteiger partial charge in [-0.2, -0.15) is 5.26 Å². The fraction of sp³-hybridized carbons (Fsp3) is 0.200. The molecule has 1 aliphatic heterocycles. The molecule has 1 aliphatic rings. The minimum absolute atomic E-state index is 0.629. The summed E-state index contributed by atoms with van der Waals surface area (Å²) in [6.07, 6.45) is 0. The van der Waals surface area contributed by atoms with Gasteiger partial charge in [0.15, 0.2) is 5.96 Å². The zero-order valence-electron chi connectivity index (χ0n) is 7.62. The van der Waals surface area contributed by atoms with Gasteiger partial charge < -0.3 is 10.6 Å². The number of hydrogen-bond donors (Lipinski definition) is 2.